The van der Waals surface area contributed by atoms with Gasteiger partial charge >= 0.3 is 0 Å². The van der Waals surface area contributed by atoms with E-state index in [9.17, 15) is 4.79 Å². The molecule has 2 N–H and O–H groups in total. The van der Waals surface area contributed by atoms with Crippen LogP contribution in [0.4, 0.5) is 0 Å². The molecule has 0 spiro atoms. The quantitative estimate of drug-likeness (QED) is 0.855. The highest BCUT2D eigenvalue weighted by molar-refractivity contribution is 5.75. The summed E-state index contributed by atoms with van der Waals surface area (Å²) >= 11 is 0. The van der Waals surface area contributed by atoms with Crippen molar-refractivity contribution < 1.29 is 4.79 Å². The Labute approximate surface area is 104 Å². The van der Waals surface area contributed by atoms with Gasteiger partial charge < -0.3 is 5.73 Å². The summed E-state index contributed by atoms with van der Waals surface area (Å²) in [4.78, 5) is 11.2. The van der Waals surface area contributed by atoms with E-state index in [1.54, 1.807) is 0 Å². The van der Waals surface area contributed by atoms with Crippen molar-refractivity contribution in [2.45, 2.75) is 47.0 Å². The van der Waals surface area contributed by atoms with E-state index < -0.39 is 0 Å². The minimum Gasteiger partial charge on any atom is -0.370 e. The van der Waals surface area contributed by atoms with E-state index in [0.29, 0.717) is 6.42 Å². The SMILES string of the molecule is Cc1ccc(C(CC(N)=O)C(C)(C)C)cc1C. The van der Waals surface area contributed by atoms with Gasteiger partial charge in [-0.25, -0.2) is 0 Å². The highest BCUT2D eigenvalue weighted by Gasteiger charge is 2.27. The molecule has 0 aliphatic heterocycles. The number of primary amides is 1. The highest BCUT2D eigenvalue weighted by atomic mass is 16.1. The Bertz CT molecular complexity index is 415. The van der Waals surface area contributed by atoms with Crippen LogP contribution in [0.5, 0.6) is 0 Å². The summed E-state index contributed by atoms with van der Waals surface area (Å²) in [6.07, 6.45) is 0.409. The molecule has 0 aliphatic carbocycles. The van der Waals surface area contributed by atoms with Crippen LogP contribution in [0.1, 0.15) is 49.8 Å². The largest absolute Gasteiger partial charge is 0.370 e. The predicted octanol–water partition coefficient (Wildman–Crippen LogP) is 3.31. The zero-order valence-electron chi connectivity index (χ0n) is 11.5. The molecular weight excluding hydrogens is 210 g/mol. The molecule has 0 radical (unpaired) electrons. The number of carbonyl (C=O) groups excluding carboxylic acids is 1. The van der Waals surface area contributed by atoms with Crippen LogP contribution in [0.2, 0.25) is 0 Å². The second kappa shape index (κ2) is 4.91. The minimum atomic E-state index is -0.233. The van der Waals surface area contributed by atoms with E-state index in [4.69, 9.17) is 5.73 Å². The molecule has 0 heterocycles. The average molecular weight is 233 g/mol. The lowest BCUT2D eigenvalue weighted by molar-refractivity contribution is -0.118. The van der Waals surface area contributed by atoms with E-state index in [2.05, 4.69) is 52.8 Å². The molecular formula is C15H23NO. The van der Waals surface area contributed by atoms with Gasteiger partial charge in [0.15, 0.2) is 0 Å². The second-order valence-electron chi connectivity index (χ2n) is 5.93. The van der Waals surface area contributed by atoms with Crippen LogP contribution in [-0.2, 0) is 4.79 Å². The summed E-state index contributed by atoms with van der Waals surface area (Å²) in [5.74, 6) is -0.0533. The molecule has 0 aliphatic rings. The molecule has 1 amide bonds. The van der Waals surface area contributed by atoms with Crippen LogP contribution < -0.4 is 5.73 Å². The summed E-state index contributed by atoms with van der Waals surface area (Å²) in [6.45, 7) is 10.6. The molecule has 17 heavy (non-hydrogen) atoms. The Morgan fingerprint density at radius 2 is 1.82 bits per heavy atom. The van der Waals surface area contributed by atoms with Crippen molar-refractivity contribution in [3.05, 3.63) is 34.9 Å². The number of aryl methyl sites for hydroxylation is 2. The van der Waals surface area contributed by atoms with Crippen LogP contribution in [0.15, 0.2) is 18.2 Å². The van der Waals surface area contributed by atoms with Gasteiger partial charge in [-0.2, -0.15) is 0 Å². The molecule has 0 aromatic heterocycles. The third-order valence-corrected chi connectivity index (χ3v) is 3.38. The fraction of sp³-hybridized carbons (Fsp3) is 0.533. The third kappa shape index (κ3) is 3.58. The van der Waals surface area contributed by atoms with Gasteiger partial charge in [-0.3, -0.25) is 4.79 Å². The summed E-state index contributed by atoms with van der Waals surface area (Å²) in [7, 11) is 0. The Morgan fingerprint density at radius 1 is 1.24 bits per heavy atom. The van der Waals surface area contributed by atoms with Crippen molar-refractivity contribution >= 4 is 5.91 Å². The van der Waals surface area contributed by atoms with Crippen molar-refractivity contribution in [1.29, 1.82) is 0 Å². The number of benzene rings is 1. The van der Waals surface area contributed by atoms with E-state index in [1.807, 2.05) is 0 Å². The Balaban J connectivity index is 3.13. The smallest absolute Gasteiger partial charge is 0.218 e. The molecule has 1 aromatic carbocycles. The minimum absolute atomic E-state index is 0.0384. The summed E-state index contributed by atoms with van der Waals surface area (Å²) in [5.41, 5.74) is 9.15. The molecule has 2 heteroatoms. The van der Waals surface area contributed by atoms with E-state index in [-0.39, 0.29) is 17.2 Å². The molecule has 1 atom stereocenters. The predicted molar refractivity (Wildman–Crippen MR) is 71.9 cm³/mol. The molecule has 1 rings (SSSR count). The Kier molecular flexibility index (Phi) is 3.97. The number of nitrogens with two attached hydrogens (primary N) is 1. The summed E-state index contributed by atoms with van der Waals surface area (Å²) < 4.78 is 0. The lowest BCUT2D eigenvalue weighted by Crippen LogP contribution is -2.25. The first-order chi connectivity index (χ1) is 7.71. The highest BCUT2D eigenvalue weighted by Crippen LogP contribution is 2.38. The van der Waals surface area contributed by atoms with E-state index in [1.165, 1.54) is 16.7 Å². The van der Waals surface area contributed by atoms with Gasteiger partial charge in [0, 0.05) is 6.42 Å². The maximum atomic E-state index is 11.2. The average Bonchev–Trinajstić information content (AvgIpc) is 2.17. The maximum Gasteiger partial charge on any atom is 0.218 e. The molecule has 0 saturated carbocycles. The third-order valence-electron chi connectivity index (χ3n) is 3.38. The normalized spacial score (nSPS) is 13.5. The van der Waals surface area contributed by atoms with Crippen molar-refractivity contribution in [1.82, 2.24) is 0 Å². The van der Waals surface area contributed by atoms with Gasteiger partial charge in [-0.05, 0) is 41.9 Å². The first-order valence-electron chi connectivity index (χ1n) is 6.07. The molecule has 0 saturated heterocycles. The van der Waals surface area contributed by atoms with Crippen LogP contribution in [-0.4, -0.2) is 5.91 Å². The van der Waals surface area contributed by atoms with Gasteiger partial charge in [0.25, 0.3) is 0 Å². The van der Waals surface area contributed by atoms with Gasteiger partial charge in [-0.1, -0.05) is 39.0 Å². The zero-order valence-corrected chi connectivity index (χ0v) is 11.5. The molecule has 2 nitrogen and oxygen atoms in total. The first-order valence-corrected chi connectivity index (χ1v) is 6.07. The number of rotatable bonds is 3. The molecule has 1 aromatic rings. The van der Waals surface area contributed by atoms with Crippen molar-refractivity contribution in [2.75, 3.05) is 0 Å². The Hall–Kier alpha value is -1.31. The molecule has 94 valence electrons. The lowest BCUT2D eigenvalue weighted by atomic mass is 9.74. The van der Waals surface area contributed by atoms with Gasteiger partial charge in [-0.15, -0.1) is 0 Å². The van der Waals surface area contributed by atoms with Crippen LogP contribution >= 0.6 is 0 Å². The number of hydrogen-bond donors (Lipinski definition) is 1. The number of carbonyl (C=O) groups is 1. The standard InChI is InChI=1S/C15H23NO/c1-10-6-7-12(8-11(10)2)13(9-14(16)17)15(3,4)5/h6-8,13H,9H2,1-5H3,(H2,16,17). The second-order valence-corrected chi connectivity index (χ2v) is 5.93. The fourth-order valence-electron chi connectivity index (χ4n) is 2.11. The van der Waals surface area contributed by atoms with Gasteiger partial charge in [0.1, 0.15) is 0 Å². The van der Waals surface area contributed by atoms with E-state index in [0.717, 1.165) is 0 Å². The zero-order chi connectivity index (χ0) is 13.2. The van der Waals surface area contributed by atoms with Gasteiger partial charge in [0.05, 0.1) is 0 Å². The van der Waals surface area contributed by atoms with Crippen molar-refractivity contribution in [3.8, 4) is 0 Å². The summed E-state index contributed by atoms with van der Waals surface area (Å²) in [5, 5.41) is 0. The van der Waals surface area contributed by atoms with Crippen LogP contribution in [0.25, 0.3) is 0 Å². The number of hydrogen-bond acceptors (Lipinski definition) is 1. The van der Waals surface area contributed by atoms with E-state index >= 15 is 0 Å². The first kappa shape index (κ1) is 13.8. The number of amides is 1. The maximum absolute atomic E-state index is 11.2. The summed E-state index contributed by atoms with van der Waals surface area (Å²) in [6, 6.07) is 6.40. The molecule has 0 fully saturated rings. The van der Waals surface area contributed by atoms with Crippen LogP contribution in [0, 0.1) is 19.3 Å². The van der Waals surface area contributed by atoms with Gasteiger partial charge in [0.2, 0.25) is 5.91 Å². The Morgan fingerprint density at radius 3 is 2.24 bits per heavy atom. The van der Waals surface area contributed by atoms with Crippen molar-refractivity contribution in [2.24, 2.45) is 11.1 Å². The van der Waals surface area contributed by atoms with Crippen molar-refractivity contribution in [3.63, 3.8) is 0 Å². The van der Waals surface area contributed by atoms with Crippen LogP contribution in [0.3, 0.4) is 0 Å². The fourth-order valence-corrected chi connectivity index (χ4v) is 2.11. The topological polar surface area (TPSA) is 43.1 Å². The molecule has 0 bridgehead atoms. The monoisotopic (exact) mass is 233 g/mol. The molecule has 1 unspecified atom stereocenters. The lowest BCUT2D eigenvalue weighted by Gasteiger charge is -2.30.